The number of benzene rings is 2. The van der Waals surface area contributed by atoms with Crippen molar-refractivity contribution in [1.29, 1.82) is 0 Å². The van der Waals surface area contributed by atoms with Crippen molar-refractivity contribution in [2.45, 2.75) is 24.7 Å². The highest BCUT2D eigenvalue weighted by Gasteiger charge is 2.33. The van der Waals surface area contributed by atoms with Crippen LogP contribution in [0, 0.1) is 0 Å². The molecule has 2 aromatic rings. The lowest BCUT2D eigenvalue weighted by Crippen LogP contribution is -2.16. The first-order chi connectivity index (χ1) is 13.0. The minimum atomic E-state index is -3.88. The Balaban J connectivity index is 1.67. The molecule has 0 unspecified atom stereocenters. The van der Waals surface area contributed by atoms with Gasteiger partial charge in [-0.15, -0.1) is 0 Å². The van der Waals surface area contributed by atoms with E-state index in [1.807, 2.05) is 6.07 Å². The minimum absolute atomic E-state index is 0.152. The van der Waals surface area contributed by atoms with Crippen molar-refractivity contribution < 1.29 is 27.4 Å². The number of ether oxygens (including phenoxy) is 3. The van der Waals surface area contributed by atoms with E-state index in [4.69, 9.17) is 14.2 Å². The molecule has 4 rings (SSSR count). The summed E-state index contributed by atoms with van der Waals surface area (Å²) in [5, 5.41) is 0. The van der Waals surface area contributed by atoms with Crippen molar-refractivity contribution in [3.05, 3.63) is 47.0 Å². The molecule has 0 amide bonds. The molecule has 0 saturated heterocycles. The van der Waals surface area contributed by atoms with Crippen molar-refractivity contribution >= 4 is 21.7 Å². The molecule has 7 nitrogen and oxygen atoms in total. The van der Waals surface area contributed by atoms with Crippen LogP contribution in [0.2, 0.25) is 0 Å². The first-order valence-electron chi connectivity index (χ1n) is 8.74. The zero-order chi connectivity index (χ0) is 19.0. The number of fused-ring (bicyclic) bond motifs is 2. The van der Waals surface area contributed by atoms with Gasteiger partial charge in [0.1, 0.15) is 16.4 Å². The van der Waals surface area contributed by atoms with E-state index in [0.29, 0.717) is 54.4 Å². The van der Waals surface area contributed by atoms with Crippen molar-refractivity contribution in [2.75, 3.05) is 24.5 Å². The summed E-state index contributed by atoms with van der Waals surface area (Å²) in [6.07, 6.45) is 1.17. The third-order valence-electron chi connectivity index (χ3n) is 4.52. The van der Waals surface area contributed by atoms with Gasteiger partial charge in [0.05, 0.1) is 25.4 Å². The maximum atomic E-state index is 13.1. The fraction of sp³-hybridized carbons (Fsp3) is 0.316. The molecule has 2 aromatic carbocycles. The summed E-state index contributed by atoms with van der Waals surface area (Å²) < 4.78 is 44.9. The monoisotopic (exact) mass is 389 g/mol. The van der Waals surface area contributed by atoms with E-state index in [-0.39, 0.29) is 11.5 Å². The molecule has 8 heteroatoms. The molecule has 0 atom stereocenters. The van der Waals surface area contributed by atoms with E-state index < -0.39 is 16.0 Å². The van der Waals surface area contributed by atoms with Crippen LogP contribution in [-0.2, 0) is 27.6 Å². The number of nitrogens with one attached hydrogen (secondary N) is 1. The summed E-state index contributed by atoms with van der Waals surface area (Å²) in [5.74, 6) is 0.573. The molecule has 0 spiro atoms. The number of esters is 1. The normalized spacial score (nSPS) is 14.7. The predicted molar refractivity (Wildman–Crippen MR) is 98.0 cm³/mol. The lowest BCUT2D eigenvalue weighted by atomic mass is 10.1. The number of carbonyl (C=O) groups excluding carboxylic acids is 1. The van der Waals surface area contributed by atoms with E-state index in [0.717, 1.165) is 5.56 Å². The van der Waals surface area contributed by atoms with Gasteiger partial charge in [-0.05, 0) is 37.3 Å². The number of rotatable bonds is 5. The van der Waals surface area contributed by atoms with Crippen LogP contribution in [0.15, 0.2) is 35.2 Å². The van der Waals surface area contributed by atoms with Crippen LogP contribution in [0.1, 0.15) is 28.4 Å². The van der Waals surface area contributed by atoms with Crippen LogP contribution in [0.4, 0.5) is 5.69 Å². The molecule has 2 heterocycles. The Kier molecular flexibility index (Phi) is 4.43. The highest BCUT2D eigenvalue weighted by atomic mass is 32.2. The van der Waals surface area contributed by atoms with E-state index in [1.165, 1.54) is 24.3 Å². The minimum Gasteiger partial charge on any atom is -0.493 e. The van der Waals surface area contributed by atoms with Crippen LogP contribution in [0.25, 0.3) is 0 Å². The van der Waals surface area contributed by atoms with Gasteiger partial charge in [-0.25, -0.2) is 13.2 Å². The van der Waals surface area contributed by atoms with Gasteiger partial charge in [0.25, 0.3) is 10.0 Å². The molecule has 0 aliphatic carbocycles. The van der Waals surface area contributed by atoms with Crippen LogP contribution in [-0.4, -0.2) is 34.2 Å². The van der Waals surface area contributed by atoms with Crippen LogP contribution in [0.5, 0.6) is 11.5 Å². The Morgan fingerprint density at radius 2 is 1.89 bits per heavy atom. The van der Waals surface area contributed by atoms with Crippen LogP contribution >= 0.6 is 0 Å². The topological polar surface area (TPSA) is 90.9 Å². The van der Waals surface area contributed by atoms with Crippen molar-refractivity contribution in [3.63, 3.8) is 0 Å². The molecule has 0 bridgehead atoms. The Morgan fingerprint density at radius 3 is 2.63 bits per heavy atom. The van der Waals surface area contributed by atoms with Gasteiger partial charge in [0.2, 0.25) is 0 Å². The first kappa shape index (κ1) is 17.7. The van der Waals surface area contributed by atoms with Crippen LogP contribution < -0.4 is 14.2 Å². The van der Waals surface area contributed by atoms with Gasteiger partial charge in [-0.3, -0.25) is 4.72 Å². The SMILES string of the molecule is CCOC(=O)c1ccc(NS(=O)(=O)c2c3c(cc4c2OCC4)OCC3)cc1. The molecule has 0 fully saturated rings. The van der Waals surface area contributed by atoms with Gasteiger partial charge in [-0.1, -0.05) is 0 Å². The Morgan fingerprint density at radius 1 is 1.15 bits per heavy atom. The van der Waals surface area contributed by atoms with E-state index in [1.54, 1.807) is 6.92 Å². The molecule has 2 aliphatic heterocycles. The first-order valence-corrected chi connectivity index (χ1v) is 10.2. The molecule has 142 valence electrons. The lowest BCUT2D eigenvalue weighted by molar-refractivity contribution is 0.0526. The van der Waals surface area contributed by atoms with E-state index in [2.05, 4.69) is 4.72 Å². The smallest absolute Gasteiger partial charge is 0.338 e. The maximum absolute atomic E-state index is 13.1. The van der Waals surface area contributed by atoms with Crippen molar-refractivity contribution in [1.82, 2.24) is 0 Å². The Bertz CT molecular complexity index is 966. The molecule has 1 N–H and O–H groups in total. The molecular formula is C19H19NO6S. The summed E-state index contributed by atoms with van der Waals surface area (Å²) in [5.41, 5.74) is 2.20. The summed E-state index contributed by atoms with van der Waals surface area (Å²) in [6, 6.07) is 7.98. The fourth-order valence-corrected chi connectivity index (χ4v) is 4.83. The van der Waals surface area contributed by atoms with Gasteiger partial charge < -0.3 is 14.2 Å². The number of carbonyl (C=O) groups is 1. The zero-order valence-electron chi connectivity index (χ0n) is 14.8. The number of hydrogen-bond acceptors (Lipinski definition) is 6. The predicted octanol–water partition coefficient (Wildman–Crippen LogP) is 2.53. The molecule has 0 radical (unpaired) electrons. The van der Waals surface area contributed by atoms with E-state index in [9.17, 15) is 13.2 Å². The maximum Gasteiger partial charge on any atom is 0.338 e. The Labute approximate surface area is 157 Å². The summed E-state index contributed by atoms with van der Waals surface area (Å²) >= 11 is 0. The van der Waals surface area contributed by atoms with E-state index >= 15 is 0 Å². The van der Waals surface area contributed by atoms with Crippen molar-refractivity contribution in [2.24, 2.45) is 0 Å². The largest absolute Gasteiger partial charge is 0.493 e. The molecule has 27 heavy (non-hydrogen) atoms. The standard InChI is InChI=1S/C19H19NO6S/c1-2-24-19(21)12-3-5-14(6-4-12)20-27(22,23)18-15-8-10-25-16(15)11-13-7-9-26-17(13)18/h3-6,11,20H,2,7-10H2,1H3. The highest BCUT2D eigenvalue weighted by molar-refractivity contribution is 7.92. The van der Waals surface area contributed by atoms with Crippen LogP contribution in [0.3, 0.4) is 0 Å². The summed E-state index contributed by atoms with van der Waals surface area (Å²) in [7, 11) is -3.88. The zero-order valence-corrected chi connectivity index (χ0v) is 15.6. The second-order valence-corrected chi connectivity index (χ2v) is 7.89. The summed E-state index contributed by atoms with van der Waals surface area (Å²) in [4.78, 5) is 11.9. The average molecular weight is 389 g/mol. The summed E-state index contributed by atoms with van der Waals surface area (Å²) in [6.45, 7) is 2.91. The number of anilines is 1. The second-order valence-electron chi connectivity index (χ2n) is 6.27. The molecular weight excluding hydrogens is 370 g/mol. The third kappa shape index (κ3) is 3.21. The fourth-order valence-electron chi connectivity index (χ4n) is 3.32. The van der Waals surface area contributed by atoms with Crippen molar-refractivity contribution in [3.8, 4) is 11.5 Å². The van der Waals surface area contributed by atoms with Gasteiger partial charge in [0.15, 0.2) is 0 Å². The highest BCUT2D eigenvalue weighted by Crippen LogP contribution is 2.43. The molecule has 2 aliphatic rings. The second kappa shape index (κ2) is 6.77. The average Bonchev–Trinajstić information content (AvgIpc) is 3.28. The quantitative estimate of drug-likeness (QED) is 0.791. The van der Waals surface area contributed by atoms with Gasteiger partial charge in [0, 0.05) is 29.7 Å². The van der Waals surface area contributed by atoms with Gasteiger partial charge >= 0.3 is 5.97 Å². The lowest BCUT2D eigenvalue weighted by Gasteiger charge is -2.15. The van der Waals surface area contributed by atoms with Gasteiger partial charge in [-0.2, -0.15) is 0 Å². The Hall–Kier alpha value is -2.74. The number of sulfonamides is 1. The molecule has 0 aromatic heterocycles. The number of hydrogen-bond donors (Lipinski definition) is 1. The third-order valence-corrected chi connectivity index (χ3v) is 5.99. The molecule has 0 saturated carbocycles.